The zero-order valence-corrected chi connectivity index (χ0v) is 55.8. The van der Waals surface area contributed by atoms with Crippen molar-refractivity contribution in [2.24, 2.45) is 0 Å². The second-order valence-corrected chi connectivity index (χ2v) is 25.9. The number of para-hydroxylation sites is 6. The number of hydrogen-bond acceptors (Lipinski definition) is 6. The van der Waals surface area contributed by atoms with Crippen LogP contribution in [-0.2, 0) is 0 Å². The van der Waals surface area contributed by atoms with E-state index in [1.807, 2.05) is 0 Å². The van der Waals surface area contributed by atoms with E-state index in [2.05, 4.69) is 430 Å². The molecule has 480 valence electrons. The van der Waals surface area contributed by atoms with Crippen LogP contribution in [0.2, 0.25) is 0 Å². The smallest absolute Gasteiger partial charge is 0.0619 e. The van der Waals surface area contributed by atoms with Gasteiger partial charge in [0.25, 0.3) is 0 Å². The van der Waals surface area contributed by atoms with Crippen molar-refractivity contribution in [1.29, 1.82) is 0 Å². The van der Waals surface area contributed by atoms with Gasteiger partial charge in [0.15, 0.2) is 0 Å². The maximum Gasteiger partial charge on any atom is 0.0619 e. The highest BCUT2D eigenvalue weighted by Crippen LogP contribution is 2.57. The molecule has 0 spiro atoms. The number of anilines is 18. The molecule has 18 aromatic rings. The van der Waals surface area contributed by atoms with E-state index in [0.717, 1.165) is 167 Å². The van der Waals surface area contributed by atoms with Gasteiger partial charge in [0, 0.05) is 133 Å². The van der Waals surface area contributed by atoms with Gasteiger partial charge in [-0.25, -0.2) is 0 Å². The average Bonchev–Trinajstić information content (AvgIpc) is 0.734. The summed E-state index contributed by atoms with van der Waals surface area (Å²) in [5.41, 5.74) is 19.0. The fourth-order valence-electron chi connectivity index (χ4n) is 15.9. The third-order valence-electron chi connectivity index (χ3n) is 20.2. The molecule has 6 heteroatoms. The van der Waals surface area contributed by atoms with Crippen molar-refractivity contribution in [3.05, 3.63) is 400 Å². The number of rotatable bonds is 6. The molecular weight excluding hydrogens is 1240 g/mol. The molecule has 0 radical (unpaired) electrons. The summed E-state index contributed by atoms with van der Waals surface area (Å²) in [7, 11) is 0. The van der Waals surface area contributed by atoms with Crippen LogP contribution in [-0.4, -0.2) is 0 Å². The van der Waals surface area contributed by atoms with Crippen LogP contribution in [0.5, 0.6) is 0 Å². The lowest BCUT2D eigenvalue weighted by molar-refractivity contribution is 1.26. The molecule has 0 fully saturated rings. The first-order valence-corrected chi connectivity index (χ1v) is 34.9. The minimum absolute atomic E-state index is 1.02. The van der Waals surface area contributed by atoms with Crippen LogP contribution in [0.25, 0.3) is 64.6 Å². The molecule has 0 unspecified atom stereocenters. The molecule has 6 nitrogen and oxygen atoms in total. The molecule has 0 N–H and O–H groups in total. The highest BCUT2D eigenvalue weighted by molar-refractivity contribution is 6.27. The van der Waals surface area contributed by atoms with Crippen molar-refractivity contribution in [3.63, 3.8) is 0 Å². The van der Waals surface area contributed by atoms with Gasteiger partial charge in [-0.2, -0.15) is 0 Å². The summed E-state index contributed by atoms with van der Waals surface area (Å²) in [5.74, 6) is 0. The first kappa shape index (κ1) is 59.6. The van der Waals surface area contributed by atoms with E-state index < -0.39 is 0 Å². The molecule has 0 saturated carbocycles. The van der Waals surface area contributed by atoms with E-state index in [1.165, 1.54) is 0 Å². The van der Waals surface area contributed by atoms with Crippen LogP contribution < -0.4 is 29.4 Å². The Morgan fingerprint density at radius 1 is 0.0882 bits per heavy atom. The molecular formula is C96H66N6. The van der Waals surface area contributed by atoms with Crippen LogP contribution in [0.1, 0.15) is 0 Å². The van der Waals surface area contributed by atoms with Crippen molar-refractivity contribution in [2.45, 2.75) is 0 Å². The monoisotopic (exact) mass is 1300 g/mol. The van der Waals surface area contributed by atoms with Crippen LogP contribution in [0.4, 0.5) is 102 Å². The molecule has 10 aliphatic heterocycles. The molecule has 0 aliphatic carbocycles. The molecule has 10 heterocycles. The van der Waals surface area contributed by atoms with Crippen molar-refractivity contribution < 1.29 is 0 Å². The first-order chi connectivity index (χ1) is 50.7. The first-order valence-electron chi connectivity index (χ1n) is 34.9. The molecule has 0 aromatic heterocycles. The molecule has 0 saturated heterocycles. The Balaban J connectivity index is 0.927. The van der Waals surface area contributed by atoms with E-state index in [1.54, 1.807) is 0 Å². The molecule has 12 bridgehead atoms. The highest BCUT2D eigenvalue weighted by atomic mass is 15.2. The number of nitrogens with zero attached hydrogens (tertiary/aromatic N) is 6. The zero-order valence-electron chi connectivity index (χ0n) is 55.8. The summed E-state index contributed by atoms with van der Waals surface area (Å²) in [6, 6.07) is 147. The van der Waals surface area contributed by atoms with Crippen LogP contribution in [0.15, 0.2) is 400 Å². The lowest BCUT2D eigenvalue weighted by Crippen LogP contribution is -2.16. The van der Waals surface area contributed by atoms with Gasteiger partial charge in [0.1, 0.15) is 0 Å². The number of benzene rings is 18. The zero-order chi connectivity index (χ0) is 67.5. The summed E-state index contributed by atoms with van der Waals surface area (Å²) in [6.07, 6.45) is 0. The Morgan fingerprint density at radius 2 is 0.176 bits per heavy atom. The fraction of sp³-hybridized carbons (Fsp3) is 0. The highest BCUT2D eigenvalue weighted by Gasteiger charge is 2.31. The van der Waals surface area contributed by atoms with E-state index in [-0.39, 0.29) is 0 Å². The van der Waals surface area contributed by atoms with Crippen molar-refractivity contribution in [3.8, 4) is 0 Å². The Bertz CT molecular complexity index is 4970. The van der Waals surface area contributed by atoms with Crippen molar-refractivity contribution >= 4 is 167 Å². The van der Waals surface area contributed by atoms with Gasteiger partial charge in [0.2, 0.25) is 0 Å². The predicted molar refractivity (Wildman–Crippen MR) is 433 cm³/mol. The summed E-state index contributed by atoms with van der Waals surface area (Å²) >= 11 is 0. The Morgan fingerprint density at radius 3 is 0.284 bits per heavy atom. The average molecular weight is 1300 g/mol. The van der Waals surface area contributed by atoms with Gasteiger partial charge >= 0.3 is 0 Å². The summed E-state index contributed by atoms with van der Waals surface area (Å²) in [6.45, 7) is 0. The van der Waals surface area contributed by atoms with Gasteiger partial charge in [0.05, 0.1) is 34.1 Å². The van der Waals surface area contributed by atoms with Crippen molar-refractivity contribution in [1.82, 2.24) is 0 Å². The summed E-state index contributed by atoms with van der Waals surface area (Å²) in [4.78, 5) is 14.8. The standard InChI is InChI=1S/C96H66N6/c1-7-31-67(32-8-1)97-73-55-57-74(58-56-73)98(68-33-9-2-10-34-68)93-83-47-23-25-49-85(83)94(86-50-26-24-48-84(86)93)101(71-39-15-5-16-40-71)77-63-65-78(66-64-77)102(72-41-17-6-18-42-72)96-89-53-29-27-51-87(89)95(88-52-28-30-54-90(88)96)100(70-37-13-4-14-38-70)76-61-59-75(60-62-76)99(69-35-11-3-12-36-69)92-81-45-21-19-43-79(81)91(97)80-44-20-22-46-82(80)92/h1-66H. The molecule has 102 heavy (non-hydrogen) atoms. The number of hydrogen-bond donors (Lipinski definition) is 0. The van der Waals surface area contributed by atoms with E-state index >= 15 is 0 Å². The Kier molecular flexibility index (Phi) is 14.8. The van der Waals surface area contributed by atoms with Gasteiger partial charge in [-0.3, -0.25) is 0 Å². The second-order valence-electron chi connectivity index (χ2n) is 25.9. The SMILES string of the molecule is c1ccc(N2c3ccc(cc3)N(c3ccccc3)c3c4ccccc4c(c4ccccc34)N(c3ccccc3)c3ccc(cc3)N(c3ccccc3)c3c4ccccc4c(c4ccccc34)N(c3ccccc3)c3ccc(cc3)N(c3ccccc3)c3c4ccccc4c2c2ccccc32)cc1. The summed E-state index contributed by atoms with van der Waals surface area (Å²) in [5, 5.41) is 13.4. The Labute approximate surface area is 593 Å². The Hall–Kier alpha value is -13.7. The molecule has 0 atom stereocenters. The van der Waals surface area contributed by atoms with Crippen LogP contribution >= 0.6 is 0 Å². The quantitative estimate of drug-likeness (QED) is 0.153. The van der Waals surface area contributed by atoms with Gasteiger partial charge in [-0.05, 0) is 146 Å². The van der Waals surface area contributed by atoms with Crippen molar-refractivity contribution in [2.75, 3.05) is 29.4 Å². The molecule has 0 amide bonds. The predicted octanol–water partition coefficient (Wildman–Crippen LogP) is 27.7. The molecule has 28 rings (SSSR count). The topological polar surface area (TPSA) is 19.4 Å². The minimum Gasteiger partial charge on any atom is -0.309 e. The van der Waals surface area contributed by atoms with Gasteiger partial charge in [-0.15, -0.1) is 0 Å². The third kappa shape index (κ3) is 10.0. The maximum atomic E-state index is 2.47. The van der Waals surface area contributed by atoms with Crippen LogP contribution in [0, 0.1) is 0 Å². The maximum absolute atomic E-state index is 2.47. The van der Waals surface area contributed by atoms with Gasteiger partial charge < -0.3 is 29.4 Å². The molecule has 18 aromatic carbocycles. The fourth-order valence-corrected chi connectivity index (χ4v) is 15.9. The third-order valence-corrected chi connectivity index (χ3v) is 20.2. The lowest BCUT2D eigenvalue weighted by Gasteiger charge is -2.35. The van der Waals surface area contributed by atoms with Crippen LogP contribution in [0.3, 0.4) is 0 Å². The largest absolute Gasteiger partial charge is 0.309 e. The second kappa shape index (κ2) is 25.3. The normalized spacial score (nSPS) is 12.6. The van der Waals surface area contributed by atoms with E-state index in [4.69, 9.17) is 0 Å². The van der Waals surface area contributed by atoms with Gasteiger partial charge in [-0.1, -0.05) is 255 Å². The summed E-state index contributed by atoms with van der Waals surface area (Å²) < 4.78 is 0. The van der Waals surface area contributed by atoms with E-state index in [0.29, 0.717) is 0 Å². The minimum atomic E-state index is 1.02. The molecule has 10 aliphatic rings. The lowest BCUT2D eigenvalue weighted by atomic mass is 9.94. The van der Waals surface area contributed by atoms with E-state index in [9.17, 15) is 0 Å².